The maximum Gasteiger partial charge on any atom is 0.246 e. The van der Waals surface area contributed by atoms with Gasteiger partial charge in [-0.15, -0.1) is 12.4 Å². The summed E-state index contributed by atoms with van der Waals surface area (Å²) >= 11 is 0. The van der Waals surface area contributed by atoms with Crippen molar-refractivity contribution >= 4 is 35.6 Å². The van der Waals surface area contributed by atoms with Crippen molar-refractivity contribution in [3.05, 3.63) is 36.0 Å². The molecule has 6 nitrogen and oxygen atoms in total. The molecule has 0 aliphatic carbocycles. The lowest BCUT2D eigenvalue weighted by Gasteiger charge is -2.31. The van der Waals surface area contributed by atoms with Crippen molar-refractivity contribution in [3.63, 3.8) is 0 Å². The van der Waals surface area contributed by atoms with E-state index in [9.17, 15) is 4.79 Å². The smallest absolute Gasteiger partial charge is 0.246 e. The van der Waals surface area contributed by atoms with Crippen LogP contribution in [0.3, 0.4) is 0 Å². The molecule has 2 N–H and O–H groups in total. The van der Waals surface area contributed by atoms with Crippen LogP contribution in [0.1, 0.15) is 5.69 Å². The zero-order valence-electron chi connectivity index (χ0n) is 11.6. The molecule has 0 fully saturated rings. The van der Waals surface area contributed by atoms with Crippen LogP contribution < -0.4 is 15.5 Å². The molecule has 112 valence electrons. The lowest BCUT2D eigenvalue weighted by Crippen LogP contribution is -2.39. The van der Waals surface area contributed by atoms with Crippen LogP contribution in [0.15, 0.2) is 34.9 Å². The number of para-hydroxylation sites is 2. The fourth-order valence-corrected chi connectivity index (χ4v) is 2.28. The standard InChI is InChI=1S/C14H16N4O2.ClH/c1-10-8-14(20-17-10)16-13(19)9-18-7-6-15-11-4-2-3-5-12(11)18;/h2-5,8,15H,6-7,9H2,1H3,(H,16,19);1H. The average molecular weight is 309 g/mol. The summed E-state index contributed by atoms with van der Waals surface area (Å²) < 4.78 is 4.98. The number of carbonyl (C=O) groups is 1. The molecular weight excluding hydrogens is 292 g/mol. The van der Waals surface area contributed by atoms with E-state index in [-0.39, 0.29) is 18.3 Å². The third-order valence-electron chi connectivity index (χ3n) is 3.17. The largest absolute Gasteiger partial charge is 0.382 e. The third-order valence-corrected chi connectivity index (χ3v) is 3.17. The topological polar surface area (TPSA) is 70.4 Å². The molecule has 0 radical (unpaired) electrons. The molecule has 2 heterocycles. The molecule has 1 aliphatic heterocycles. The van der Waals surface area contributed by atoms with Gasteiger partial charge in [0.2, 0.25) is 11.8 Å². The number of halogens is 1. The lowest BCUT2D eigenvalue weighted by atomic mass is 10.2. The highest BCUT2D eigenvalue weighted by Crippen LogP contribution is 2.28. The predicted molar refractivity (Wildman–Crippen MR) is 84.3 cm³/mol. The first-order chi connectivity index (χ1) is 9.72. The molecule has 0 saturated heterocycles. The van der Waals surface area contributed by atoms with E-state index < -0.39 is 0 Å². The van der Waals surface area contributed by atoms with Crippen LogP contribution in [-0.4, -0.2) is 30.7 Å². The Morgan fingerprint density at radius 1 is 1.48 bits per heavy atom. The van der Waals surface area contributed by atoms with E-state index in [0.29, 0.717) is 12.4 Å². The number of nitrogens with one attached hydrogen (secondary N) is 2. The van der Waals surface area contributed by atoms with Gasteiger partial charge in [0.1, 0.15) is 0 Å². The zero-order chi connectivity index (χ0) is 13.9. The normalized spacial score (nSPS) is 12.9. The van der Waals surface area contributed by atoms with Crippen LogP contribution in [0.25, 0.3) is 0 Å². The van der Waals surface area contributed by atoms with Gasteiger partial charge in [0.25, 0.3) is 0 Å². The van der Waals surface area contributed by atoms with Crippen LogP contribution in [0, 0.1) is 6.92 Å². The van der Waals surface area contributed by atoms with Crippen LogP contribution in [0.4, 0.5) is 17.3 Å². The Balaban J connectivity index is 0.00000161. The Kier molecular flexibility index (Phi) is 4.70. The second kappa shape index (κ2) is 6.49. The zero-order valence-corrected chi connectivity index (χ0v) is 12.4. The number of aryl methyl sites for hydroxylation is 1. The maximum absolute atomic E-state index is 12.0. The number of benzene rings is 1. The Hall–Kier alpha value is -2.21. The first-order valence-electron chi connectivity index (χ1n) is 6.53. The molecule has 1 aromatic carbocycles. The van der Waals surface area contributed by atoms with Crippen molar-refractivity contribution in [2.45, 2.75) is 6.92 Å². The van der Waals surface area contributed by atoms with E-state index in [4.69, 9.17) is 4.52 Å². The lowest BCUT2D eigenvalue weighted by molar-refractivity contribution is -0.115. The van der Waals surface area contributed by atoms with Crippen LogP contribution >= 0.6 is 12.4 Å². The van der Waals surface area contributed by atoms with E-state index in [1.165, 1.54) is 0 Å². The summed E-state index contributed by atoms with van der Waals surface area (Å²) in [6.07, 6.45) is 0. The molecule has 21 heavy (non-hydrogen) atoms. The van der Waals surface area contributed by atoms with Gasteiger partial charge in [-0.05, 0) is 19.1 Å². The number of hydrogen-bond acceptors (Lipinski definition) is 5. The molecule has 2 aromatic rings. The van der Waals surface area contributed by atoms with Crippen LogP contribution in [0.2, 0.25) is 0 Å². The number of hydrogen-bond donors (Lipinski definition) is 2. The molecule has 1 aliphatic rings. The van der Waals surface area contributed by atoms with Gasteiger partial charge in [-0.2, -0.15) is 0 Å². The molecule has 0 atom stereocenters. The van der Waals surface area contributed by atoms with Crippen molar-refractivity contribution in [2.75, 3.05) is 35.2 Å². The minimum Gasteiger partial charge on any atom is -0.382 e. The minimum absolute atomic E-state index is 0. The quantitative estimate of drug-likeness (QED) is 0.910. The highest BCUT2D eigenvalue weighted by molar-refractivity contribution is 5.93. The van der Waals surface area contributed by atoms with Crippen LogP contribution in [-0.2, 0) is 4.79 Å². The van der Waals surface area contributed by atoms with Crippen molar-refractivity contribution in [2.24, 2.45) is 0 Å². The summed E-state index contributed by atoms with van der Waals surface area (Å²) in [7, 11) is 0. The Morgan fingerprint density at radius 3 is 3.05 bits per heavy atom. The Bertz CT molecular complexity index is 629. The summed E-state index contributed by atoms with van der Waals surface area (Å²) in [5, 5.41) is 9.77. The second-order valence-electron chi connectivity index (χ2n) is 4.75. The number of fused-ring (bicyclic) bond motifs is 1. The third kappa shape index (κ3) is 3.46. The number of carbonyl (C=O) groups excluding carboxylic acids is 1. The molecule has 0 bridgehead atoms. The van der Waals surface area contributed by atoms with Gasteiger partial charge in [0.05, 0.1) is 23.6 Å². The minimum atomic E-state index is -0.113. The average Bonchev–Trinajstić information content (AvgIpc) is 2.84. The molecule has 1 amide bonds. The number of aromatic nitrogens is 1. The first-order valence-corrected chi connectivity index (χ1v) is 6.53. The molecule has 1 aromatic heterocycles. The van der Waals surface area contributed by atoms with Gasteiger partial charge in [-0.3, -0.25) is 10.1 Å². The SMILES string of the molecule is Cc1cc(NC(=O)CN2CCNc3ccccc32)on1.Cl. The van der Waals surface area contributed by atoms with E-state index >= 15 is 0 Å². The number of amides is 1. The fourth-order valence-electron chi connectivity index (χ4n) is 2.28. The van der Waals surface area contributed by atoms with Crippen LogP contribution in [0.5, 0.6) is 0 Å². The first kappa shape index (κ1) is 15.2. The second-order valence-corrected chi connectivity index (χ2v) is 4.75. The van der Waals surface area contributed by atoms with Crippen molar-refractivity contribution in [1.29, 1.82) is 0 Å². The molecule has 3 rings (SSSR count). The van der Waals surface area contributed by atoms with Gasteiger partial charge < -0.3 is 14.7 Å². The number of rotatable bonds is 3. The fraction of sp³-hybridized carbons (Fsp3) is 0.286. The van der Waals surface area contributed by atoms with Gasteiger partial charge in [-0.1, -0.05) is 17.3 Å². The Morgan fingerprint density at radius 2 is 2.29 bits per heavy atom. The molecule has 0 spiro atoms. The van der Waals surface area contributed by atoms with Gasteiger partial charge in [0, 0.05) is 19.2 Å². The molecule has 0 saturated carbocycles. The van der Waals surface area contributed by atoms with E-state index in [1.807, 2.05) is 36.1 Å². The monoisotopic (exact) mass is 308 g/mol. The Labute approximate surface area is 128 Å². The summed E-state index contributed by atoms with van der Waals surface area (Å²) in [5.74, 6) is 0.272. The predicted octanol–water partition coefficient (Wildman–Crippen LogP) is 2.28. The van der Waals surface area contributed by atoms with Crippen molar-refractivity contribution in [3.8, 4) is 0 Å². The van der Waals surface area contributed by atoms with Gasteiger partial charge >= 0.3 is 0 Å². The number of anilines is 3. The summed E-state index contributed by atoms with van der Waals surface area (Å²) in [6, 6.07) is 9.67. The highest BCUT2D eigenvalue weighted by Gasteiger charge is 2.18. The summed E-state index contributed by atoms with van der Waals surface area (Å²) in [5.41, 5.74) is 2.84. The number of nitrogens with zero attached hydrogens (tertiary/aromatic N) is 2. The van der Waals surface area contributed by atoms with Crippen molar-refractivity contribution in [1.82, 2.24) is 5.16 Å². The summed E-state index contributed by atoms with van der Waals surface area (Å²) in [4.78, 5) is 14.1. The molecule has 7 heteroatoms. The van der Waals surface area contributed by atoms with Crippen molar-refractivity contribution < 1.29 is 9.32 Å². The molecule has 0 unspecified atom stereocenters. The van der Waals surface area contributed by atoms with E-state index in [1.54, 1.807) is 6.07 Å². The maximum atomic E-state index is 12.0. The van der Waals surface area contributed by atoms with E-state index in [2.05, 4.69) is 15.8 Å². The van der Waals surface area contributed by atoms with Gasteiger partial charge in [-0.25, -0.2) is 0 Å². The summed E-state index contributed by atoms with van der Waals surface area (Å²) in [6.45, 7) is 3.72. The highest BCUT2D eigenvalue weighted by atomic mass is 35.5. The van der Waals surface area contributed by atoms with E-state index in [0.717, 1.165) is 30.2 Å². The van der Waals surface area contributed by atoms with Gasteiger partial charge in [0.15, 0.2) is 0 Å². The molecular formula is C14H17ClN4O2.